The molecular formula is C18H16N2O3. The molecule has 0 aliphatic heterocycles. The number of aromatic amines is 1. The van der Waals surface area contributed by atoms with Crippen molar-refractivity contribution in [3.8, 4) is 0 Å². The van der Waals surface area contributed by atoms with Gasteiger partial charge in [0, 0.05) is 22.3 Å². The first-order valence-corrected chi connectivity index (χ1v) is 7.23. The van der Waals surface area contributed by atoms with E-state index in [9.17, 15) is 9.59 Å². The van der Waals surface area contributed by atoms with Crippen LogP contribution in [0, 0.1) is 6.92 Å². The van der Waals surface area contributed by atoms with Crippen molar-refractivity contribution in [3.63, 3.8) is 0 Å². The summed E-state index contributed by atoms with van der Waals surface area (Å²) < 4.78 is 0. The molecule has 1 amide bonds. The number of anilines is 1. The molecule has 0 saturated heterocycles. The molecule has 2 aromatic carbocycles. The van der Waals surface area contributed by atoms with Gasteiger partial charge in [-0.2, -0.15) is 0 Å². The number of H-pyrrole nitrogens is 1. The van der Waals surface area contributed by atoms with Crippen molar-refractivity contribution in [1.82, 2.24) is 4.98 Å². The smallest absolute Gasteiger partial charge is 0.335 e. The summed E-state index contributed by atoms with van der Waals surface area (Å²) in [4.78, 5) is 26.3. The van der Waals surface area contributed by atoms with Gasteiger partial charge in [-0.25, -0.2) is 4.79 Å². The lowest BCUT2D eigenvalue weighted by Gasteiger charge is -2.06. The van der Waals surface area contributed by atoms with Crippen molar-refractivity contribution < 1.29 is 14.7 Å². The van der Waals surface area contributed by atoms with Gasteiger partial charge >= 0.3 is 5.97 Å². The summed E-state index contributed by atoms with van der Waals surface area (Å²) in [6, 6.07) is 14.1. The molecule has 3 N–H and O–H groups in total. The fraction of sp³-hybridized carbons (Fsp3) is 0.111. The number of carbonyl (C=O) groups is 2. The molecule has 1 aromatic heterocycles. The molecule has 5 nitrogen and oxygen atoms in total. The second kappa shape index (κ2) is 5.96. The van der Waals surface area contributed by atoms with Crippen molar-refractivity contribution in [2.75, 3.05) is 5.32 Å². The number of carbonyl (C=O) groups excluding carboxylic acids is 1. The van der Waals surface area contributed by atoms with E-state index in [4.69, 9.17) is 5.11 Å². The third-order valence-corrected chi connectivity index (χ3v) is 3.58. The second-order valence-corrected chi connectivity index (χ2v) is 5.48. The Kier molecular flexibility index (Phi) is 3.85. The Morgan fingerprint density at radius 3 is 2.74 bits per heavy atom. The van der Waals surface area contributed by atoms with Gasteiger partial charge in [-0.15, -0.1) is 0 Å². The lowest BCUT2D eigenvalue weighted by molar-refractivity contribution is -0.115. The predicted molar refractivity (Wildman–Crippen MR) is 88.8 cm³/mol. The maximum atomic E-state index is 12.1. The average Bonchev–Trinajstić information content (AvgIpc) is 2.86. The van der Waals surface area contributed by atoms with E-state index in [-0.39, 0.29) is 17.9 Å². The van der Waals surface area contributed by atoms with Crippen LogP contribution >= 0.6 is 0 Å². The van der Waals surface area contributed by atoms with Crippen LogP contribution in [0.5, 0.6) is 0 Å². The van der Waals surface area contributed by atoms with E-state index in [1.165, 1.54) is 12.1 Å². The van der Waals surface area contributed by atoms with Crippen molar-refractivity contribution in [3.05, 3.63) is 65.4 Å². The number of aryl methyl sites for hydroxylation is 1. The Hall–Kier alpha value is -3.08. The molecule has 0 bridgehead atoms. The van der Waals surface area contributed by atoms with E-state index in [1.54, 1.807) is 12.1 Å². The second-order valence-electron chi connectivity index (χ2n) is 5.48. The third kappa shape index (κ3) is 3.40. The normalized spacial score (nSPS) is 10.7. The summed E-state index contributed by atoms with van der Waals surface area (Å²) in [6.07, 6.45) is 0.130. The number of carboxylic acid groups (broad SMARTS) is 1. The highest BCUT2D eigenvalue weighted by molar-refractivity contribution is 5.95. The number of aromatic nitrogens is 1. The van der Waals surface area contributed by atoms with Crippen LogP contribution in [0.15, 0.2) is 48.5 Å². The third-order valence-electron chi connectivity index (χ3n) is 3.58. The highest BCUT2D eigenvalue weighted by atomic mass is 16.4. The highest BCUT2D eigenvalue weighted by Crippen LogP contribution is 2.20. The van der Waals surface area contributed by atoms with Gasteiger partial charge in [-0.05, 0) is 48.9 Å². The predicted octanol–water partition coefficient (Wildman–Crippen LogP) is 3.36. The minimum atomic E-state index is -1.000. The van der Waals surface area contributed by atoms with Crippen LogP contribution in [-0.4, -0.2) is 22.0 Å². The number of amides is 1. The summed E-state index contributed by atoms with van der Waals surface area (Å²) in [5.41, 5.74) is 3.65. The largest absolute Gasteiger partial charge is 0.478 e. The van der Waals surface area contributed by atoms with Gasteiger partial charge in [-0.3, -0.25) is 4.79 Å². The summed E-state index contributed by atoms with van der Waals surface area (Å²) >= 11 is 0. The zero-order valence-electron chi connectivity index (χ0n) is 12.6. The molecule has 0 spiro atoms. The molecule has 0 unspecified atom stereocenters. The van der Waals surface area contributed by atoms with Gasteiger partial charge in [0.2, 0.25) is 5.91 Å². The Balaban J connectivity index is 1.73. The fourth-order valence-electron chi connectivity index (χ4n) is 2.56. The highest BCUT2D eigenvalue weighted by Gasteiger charge is 2.08. The van der Waals surface area contributed by atoms with Crippen molar-refractivity contribution >= 4 is 28.5 Å². The van der Waals surface area contributed by atoms with E-state index in [2.05, 4.69) is 10.3 Å². The van der Waals surface area contributed by atoms with E-state index in [1.807, 2.05) is 31.2 Å². The van der Waals surface area contributed by atoms with Crippen LogP contribution in [0.2, 0.25) is 0 Å². The SMILES string of the molecule is Cc1cc2cc(NC(=O)Cc3cccc(C(=O)O)c3)ccc2[nH]1. The molecule has 23 heavy (non-hydrogen) atoms. The van der Waals surface area contributed by atoms with Crippen molar-refractivity contribution in [2.24, 2.45) is 0 Å². The quantitative estimate of drug-likeness (QED) is 0.691. The first-order valence-electron chi connectivity index (χ1n) is 7.23. The number of hydrogen-bond acceptors (Lipinski definition) is 2. The molecular weight excluding hydrogens is 292 g/mol. The number of fused-ring (bicyclic) bond motifs is 1. The molecule has 5 heteroatoms. The molecule has 0 aliphatic rings. The standard InChI is InChI=1S/C18H16N2O3/c1-11-7-14-10-15(5-6-16(14)19-11)20-17(21)9-12-3-2-4-13(8-12)18(22)23/h2-8,10,19H,9H2,1H3,(H,20,21)(H,22,23). The number of rotatable bonds is 4. The first kappa shape index (κ1) is 14.8. The van der Waals surface area contributed by atoms with Crippen LogP contribution < -0.4 is 5.32 Å². The minimum Gasteiger partial charge on any atom is -0.478 e. The molecule has 116 valence electrons. The Morgan fingerprint density at radius 1 is 1.13 bits per heavy atom. The molecule has 1 heterocycles. The van der Waals surface area contributed by atoms with Crippen LogP contribution in [0.4, 0.5) is 5.69 Å². The molecule has 0 atom stereocenters. The lowest BCUT2D eigenvalue weighted by atomic mass is 10.1. The topological polar surface area (TPSA) is 82.2 Å². The molecule has 3 rings (SSSR count). The van der Waals surface area contributed by atoms with E-state index in [0.717, 1.165) is 22.3 Å². The van der Waals surface area contributed by atoms with Gasteiger partial charge in [-0.1, -0.05) is 12.1 Å². The van der Waals surface area contributed by atoms with Gasteiger partial charge in [0.25, 0.3) is 0 Å². The van der Waals surface area contributed by atoms with Gasteiger partial charge in [0.1, 0.15) is 0 Å². The van der Waals surface area contributed by atoms with E-state index in [0.29, 0.717) is 5.56 Å². The molecule has 0 fully saturated rings. The number of carboxylic acids is 1. The van der Waals surface area contributed by atoms with Gasteiger partial charge in [0.05, 0.1) is 12.0 Å². The van der Waals surface area contributed by atoms with Crippen LogP contribution in [0.25, 0.3) is 10.9 Å². The maximum Gasteiger partial charge on any atom is 0.335 e. The van der Waals surface area contributed by atoms with E-state index < -0.39 is 5.97 Å². The fourth-order valence-corrected chi connectivity index (χ4v) is 2.56. The molecule has 0 aliphatic carbocycles. The zero-order valence-corrected chi connectivity index (χ0v) is 12.6. The van der Waals surface area contributed by atoms with Crippen LogP contribution in [0.3, 0.4) is 0 Å². The average molecular weight is 308 g/mol. The molecule has 0 radical (unpaired) electrons. The van der Waals surface area contributed by atoms with E-state index >= 15 is 0 Å². The van der Waals surface area contributed by atoms with Crippen LogP contribution in [0.1, 0.15) is 21.6 Å². The zero-order chi connectivity index (χ0) is 16.4. The Bertz CT molecular complexity index is 896. The number of aromatic carboxylic acids is 1. The van der Waals surface area contributed by atoms with Crippen molar-refractivity contribution in [1.29, 1.82) is 0 Å². The maximum absolute atomic E-state index is 12.1. The summed E-state index contributed by atoms with van der Waals surface area (Å²) in [6.45, 7) is 1.98. The first-order chi connectivity index (χ1) is 11.0. The molecule has 0 saturated carbocycles. The van der Waals surface area contributed by atoms with Gasteiger partial charge < -0.3 is 15.4 Å². The lowest BCUT2D eigenvalue weighted by Crippen LogP contribution is -2.14. The van der Waals surface area contributed by atoms with Crippen LogP contribution in [-0.2, 0) is 11.2 Å². The number of nitrogens with one attached hydrogen (secondary N) is 2. The Labute approximate surface area is 133 Å². The monoisotopic (exact) mass is 308 g/mol. The van der Waals surface area contributed by atoms with Gasteiger partial charge in [0.15, 0.2) is 0 Å². The van der Waals surface area contributed by atoms with Crippen molar-refractivity contribution in [2.45, 2.75) is 13.3 Å². The summed E-state index contributed by atoms with van der Waals surface area (Å²) in [5, 5.41) is 12.9. The number of benzene rings is 2. The molecule has 3 aromatic rings. The Morgan fingerprint density at radius 2 is 1.96 bits per heavy atom. The summed E-state index contributed by atoms with van der Waals surface area (Å²) in [7, 11) is 0. The minimum absolute atomic E-state index is 0.130. The summed E-state index contributed by atoms with van der Waals surface area (Å²) in [5.74, 6) is -1.18. The number of hydrogen-bond donors (Lipinski definition) is 3.